The number of carboxylic acid groups (broad SMARTS) is 6. The molecule has 34 nitrogen and oxygen atoms in total. The summed E-state index contributed by atoms with van der Waals surface area (Å²) >= 11 is 0. The molecule has 5 aromatic rings. The number of Topliss-reactive ketones (excluding diaryl/α,β-unsaturated/α-hetero) is 3. The molecule has 3 aromatic heterocycles. The molecule has 5 amide bonds. The van der Waals surface area contributed by atoms with Gasteiger partial charge in [0.05, 0.1) is 63.0 Å². The number of aliphatic carboxylic acids is 6. The maximum absolute atomic E-state index is 14.8. The lowest BCUT2D eigenvalue weighted by molar-refractivity contribution is -0.141. The van der Waals surface area contributed by atoms with E-state index in [2.05, 4.69) is 56.5 Å². The van der Waals surface area contributed by atoms with Crippen molar-refractivity contribution in [2.75, 3.05) is 91.6 Å². The molecule has 4 heterocycles. The molecule has 104 heavy (non-hydrogen) atoms. The van der Waals surface area contributed by atoms with Gasteiger partial charge in [-0.1, -0.05) is 42.5 Å². The molecule has 2 aromatic carbocycles. The predicted molar refractivity (Wildman–Crippen MR) is 371 cm³/mol. The summed E-state index contributed by atoms with van der Waals surface area (Å²) < 4.78 is 0. The second-order valence-electron chi connectivity index (χ2n) is 26.8. The van der Waals surface area contributed by atoms with E-state index >= 15 is 0 Å². The summed E-state index contributed by atoms with van der Waals surface area (Å²) in [6, 6.07) is 8.21. The largest absolute Gasteiger partial charge is 0.481 e. The van der Waals surface area contributed by atoms with Crippen LogP contribution < -0.4 is 26.6 Å². The van der Waals surface area contributed by atoms with Crippen molar-refractivity contribution >= 4 is 87.7 Å². The van der Waals surface area contributed by atoms with Crippen molar-refractivity contribution in [3.63, 3.8) is 0 Å². The fourth-order valence-corrected chi connectivity index (χ4v) is 13.1. The number of H-pyrrole nitrogens is 3. The van der Waals surface area contributed by atoms with Crippen molar-refractivity contribution in [2.24, 2.45) is 29.6 Å². The van der Waals surface area contributed by atoms with Crippen molar-refractivity contribution < 1.29 is 93.0 Å². The average molecular weight is 1450 g/mol. The quantitative estimate of drug-likeness (QED) is 0.0244. The Kier molecular flexibility index (Phi) is 32.5. The average Bonchev–Trinajstić information content (AvgIpc) is 1.08. The van der Waals surface area contributed by atoms with Gasteiger partial charge in [-0.3, -0.25) is 67.5 Å². The van der Waals surface area contributed by atoms with Crippen LogP contribution in [-0.4, -0.2) is 267 Å². The first-order valence-corrected chi connectivity index (χ1v) is 34.9. The van der Waals surface area contributed by atoms with Gasteiger partial charge in [-0.25, -0.2) is 29.3 Å². The normalized spacial score (nSPS) is 17.6. The number of carbonyl (C=O) groups excluding carboxylic acids is 7. The van der Waals surface area contributed by atoms with Gasteiger partial charge < -0.3 is 72.2 Å². The summed E-state index contributed by atoms with van der Waals surface area (Å²) in [5.74, 6) is -13.2. The van der Waals surface area contributed by atoms with E-state index in [1.165, 1.54) is 37.6 Å². The third kappa shape index (κ3) is 28.5. The molecule has 1 saturated carbocycles. The first-order valence-electron chi connectivity index (χ1n) is 34.9. The topological polar surface area (TPSA) is 502 Å². The molecule has 564 valence electrons. The number of hydrogen-bond acceptors (Lipinski definition) is 20. The van der Waals surface area contributed by atoms with Gasteiger partial charge in [-0.05, 0) is 80.0 Å². The first kappa shape index (κ1) is 81.0. The third-order valence-electron chi connectivity index (χ3n) is 18.8. The number of nitrogens with one attached hydrogen (secondary N) is 8. The highest BCUT2D eigenvalue weighted by molar-refractivity contribution is 5.95. The number of hydrogen-bond donors (Lipinski definition) is 14. The molecule has 2 fully saturated rings. The monoisotopic (exact) mass is 1450 g/mol. The van der Waals surface area contributed by atoms with Crippen molar-refractivity contribution in [2.45, 2.75) is 121 Å². The number of amides is 5. The first-order chi connectivity index (χ1) is 49.8. The highest BCUT2D eigenvalue weighted by atomic mass is 16.4. The zero-order chi connectivity index (χ0) is 75.1. The van der Waals surface area contributed by atoms with E-state index < -0.39 is 108 Å². The molecular weight excluding hydrogens is 1350 g/mol. The van der Waals surface area contributed by atoms with E-state index in [0.29, 0.717) is 42.8 Å². The summed E-state index contributed by atoms with van der Waals surface area (Å²) in [5, 5.41) is 72.3. The fraction of sp³-hybridized carbons (Fsp3) is 0.543. The lowest BCUT2D eigenvalue weighted by atomic mass is 9.77. The Balaban J connectivity index is 0.964. The Hall–Kier alpha value is -10.3. The highest BCUT2D eigenvalue weighted by Crippen LogP contribution is 2.32. The lowest BCUT2D eigenvalue weighted by Gasteiger charge is -2.33. The van der Waals surface area contributed by atoms with Crippen LogP contribution in [0, 0.1) is 29.6 Å². The zero-order valence-electron chi connectivity index (χ0n) is 58.0. The third-order valence-corrected chi connectivity index (χ3v) is 18.8. The Morgan fingerprint density at radius 2 is 0.952 bits per heavy atom. The molecule has 0 spiro atoms. The Labute approximate surface area is 599 Å². The van der Waals surface area contributed by atoms with Gasteiger partial charge in [0.25, 0.3) is 0 Å². The van der Waals surface area contributed by atoms with Crippen molar-refractivity contribution in [3.8, 4) is 0 Å². The van der Waals surface area contributed by atoms with E-state index in [9.17, 15) is 87.9 Å². The standard InChI is InChI=1S/C70H95N15O19/c86-55(37-82-17-19-83(38-62(91)92)21-23-85(40-64(95)96)24-22-84(20-18-82)39-63(93)94)29-50(27-52-34-71-41-76-52)67(99)79-58(32-54-36-73-43-78-54)60(88)31-51(28-53-35-72-42-77-53)66(98)75-33-44-8-12-47(13-9-44)59(87)30-49(26-45-10-11-46-5-1-2-6-48(46)25-45)65(97)74-16-4-3-7-56(68(100)101)80-70(104)81-57(69(102)103)14-15-61(89)90/h1-2,5-6,10-11,25,34-36,41-44,47,49-51,56-58H,3-4,7-9,12-24,26-33,37-40H2,(H,71,76)(H,72,77)(H,73,78)(H,74,97)(H,75,98)(H,79,99)(H,89,90)(H,91,92)(H,93,94)(H,95,96)(H,100,101)(H,102,103)(H2,80,81,104). The molecule has 1 aliphatic carbocycles. The van der Waals surface area contributed by atoms with Crippen LogP contribution in [0.15, 0.2) is 80.0 Å². The van der Waals surface area contributed by atoms with Gasteiger partial charge >= 0.3 is 41.8 Å². The van der Waals surface area contributed by atoms with Crippen LogP contribution in [0.2, 0.25) is 0 Å². The van der Waals surface area contributed by atoms with Crippen LogP contribution in [0.3, 0.4) is 0 Å². The SMILES string of the molecule is O=C(O)CCC(NC(=O)NC(CCCCNC(=O)C(CC(=O)C1CCC(CNC(=O)C(CC(=O)C(Cc2cnc[nH]2)NC(=O)C(CC(=O)CN2CCN(CC(=O)O)CCN(CC(=O)O)CCN(CC(=O)O)CC2)Cc2cnc[nH]2)Cc2cnc[nH]2)CC1)Cc1ccc2ccccc2c1)C(=O)O)C(=O)O. The maximum atomic E-state index is 14.8. The minimum atomic E-state index is -1.57. The van der Waals surface area contributed by atoms with E-state index in [1.54, 1.807) is 19.6 Å². The highest BCUT2D eigenvalue weighted by Gasteiger charge is 2.35. The molecule has 1 aliphatic heterocycles. The number of nitrogens with zero attached hydrogens (tertiary/aromatic N) is 7. The number of carboxylic acids is 6. The smallest absolute Gasteiger partial charge is 0.326 e. The molecule has 7 rings (SSSR count). The number of rotatable bonds is 42. The van der Waals surface area contributed by atoms with Gasteiger partial charge in [0.1, 0.15) is 23.7 Å². The van der Waals surface area contributed by atoms with E-state index in [0.717, 1.165) is 16.3 Å². The number of carbonyl (C=O) groups is 13. The van der Waals surface area contributed by atoms with Gasteiger partial charge in [0, 0.05) is 158 Å². The number of fused-ring (bicyclic) bond motifs is 1. The molecule has 0 bridgehead atoms. The Morgan fingerprint density at radius 1 is 0.471 bits per heavy atom. The number of ketones is 3. The summed E-state index contributed by atoms with van der Waals surface area (Å²) in [6.07, 6.45) is 9.85. The number of urea groups is 1. The van der Waals surface area contributed by atoms with E-state index in [1.807, 2.05) is 42.5 Å². The number of unbranched alkanes of at least 4 members (excludes halogenated alkanes) is 1. The summed E-state index contributed by atoms with van der Waals surface area (Å²) in [5.41, 5.74) is 2.40. The van der Waals surface area contributed by atoms with Crippen LogP contribution in [0.4, 0.5) is 4.79 Å². The minimum Gasteiger partial charge on any atom is -0.481 e. The molecule has 34 heteroatoms. The lowest BCUT2D eigenvalue weighted by Crippen LogP contribution is -2.51. The van der Waals surface area contributed by atoms with Gasteiger partial charge in [-0.2, -0.15) is 0 Å². The minimum absolute atomic E-state index is 0.00291. The Bertz CT molecular complexity index is 3650. The molecular formula is C70H95N15O19. The van der Waals surface area contributed by atoms with Gasteiger partial charge in [0.2, 0.25) is 17.7 Å². The van der Waals surface area contributed by atoms with Crippen LogP contribution in [-0.2, 0) is 83.2 Å². The summed E-state index contributed by atoms with van der Waals surface area (Å²) in [6.45, 7) is 0.405. The van der Waals surface area contributed by atoms with E-state index in [4.69, 9.17) is 5.11 Å². The number of imidazole rings is 3. The summed E-state index contributed by atoms with van der Waals surface area (Å²) in [4.78, 5) is 197. The molecule has 14 N–H and O–H groups in total. The van der Waals surface area contributed by atoms with E-state index in [-0.39, 0.29) is 185 Å². The van der Waals surface area contributed by atoms with Crippen LogP contribution in [0.5, 0.6) is 0 Å². The molecule has 6 unspecified atom stereocenters. The van der Waals surface area contributed by atoms with Gasteiger partial charge in [0.15, 0.2) is 5.78 Å². The molecule has 0 radical (unpaired) electrons. The zero-order valence-corrected chi connectivity index (χ0v) is 58.0. The molecule has 1 saturated heterocycles. The second kappa shape index (κ2) is 41.7. The van der Waals surface area contributed by atoms with Crippen LogP contribution in [0.1, 0.15) is 99.7 Å². The van der Waals surface area contributed by atoms with Gasteiger partial charge in [-0.15, -0.1) is 0 Å². The van der Waals surface area contributed by atoms with Crippen LogP contribution in [0.25, 0.3) is 10.8 Å². The molecule has 6 atom stereocenters. The number of benzene rings is 2. The molecule has 2 aliphatic rings. The van der Waals surface area contributed by atoms with Crippen LogP contribution >= 0.6 is 0 Å². The maximum Gasteiger partial charge on any atom is 0.326 e. The van der Waals surface area contributed by atoms with Crippen molar-refractivity contribution in [3.05, 3.63) is 103 Å². The predicted octanol–water partition coefficient (Wildman–Crippen LogP) is 1.25. The summed E-state index contributed by atoms with van der Waals surface area (Å²) in [7, 11) is 0. The van der Waals surface area contributed by atoms with Crippen molar-refractivity contribution in [1.29, 1.82) is 0 Å². The fourth-order valence-electron chi connectivity index (χ4n) is 13.1. The Morgan fingerprint density at radius 3 is 1.45 bits per heavy atom. The van der Waals surface area contributed by atoms with Crippen molar-refractivity contribution in [1.82, 2.24) is 76.1 Å². The second-order valence-corrected chi connectivity index (χ2v) is 26.8. The number of aromatic nitrogens is 6. The number of aromatic amines is 3.